The highest BCUT2D eigenvalue weighted by atomic mass is 35.5. The van der Waals surface area contributed by atoms with Gasteiger partial charge in [-0.2, -0.15) is 4.98 Å². The van der Waals surface area contributed by atoms with E-state index in [4.69, 9.17) is 16.3 Å². The molecule has 0 radical (unpaired) electrons. The Morgan fingerprint density at radius 2 is 2.00 bits per heavy atom. The molecule has 0 spiro atoms. The molecule has 0 atom stereocenters. The summed E-state index contributed by atoms with van der Waals surface area (Å²) in [6.45, 7) is 3.23. The molecule has 0 fully saturated rings. The van der Waals surface area contributed by atoms with Crippen molar-refractivity contribution < 1.29 is 14.5 Å². The molecule has 8 nitrogen and oxygen atoms in total. The Bertz CT molecular complexity index is 1070. The summed E-state index contributed by atoms with van der Waals surface area (Å²) >= 11 is 5.99. The van der Waals surface area contributed by atoms with Crippen molar-refractivity contribution >= 4 is 34.6 Å². The Morgan fingerprint density at radius 3 is 2.68 bits per heavy atom. The standard InChI is InChI=1S/C19H15ClN4O4/c1-11-8-15(6-7-16(11)20)28-19-17(24(26)27)18(21-10-22-19)23-14-5-3-4-13(9-14)12(2)25/h3-10H,1-2H3,(H,21,22,23). The number of Topliss-reactive ketones (excluding diaryl/α,β-unsaturated/α-hetero) is 1. The molecule has 0 saturated heterocycles. The van der Waals surface area contributed by atoms with Crippen molar-refractivity contribution in [3.8, 4) is 11.6 Å². The van der Waals surface area contributed by atoms with Crippen LogP contribution in [0.25, 0.3) is 0 Å². The lowest BCUT2D eigenvalue weighted by Crippen LogP contribution is -2.04. The van der Waals surface area contributed by atoms with Crippen molar-refractivity contribution in [3.05, 3.63) is 75.1 Å². The van der Waals surface area contributed by atoms with Crippen LogP contribution in [0, 0.1) is 17.0 Å². The van der Waals surface area contributed by atoms with Crippen molar-refractivity contribution in [2.24, 2.45) is 0 Å². The van der Waals surface area contributed by atoms with Gasteiger partial charge in [0, 0.05) is 16.3 Å². The summed E-state index contributed by atoms with van der Waals surface area (Å²) < 4.78 is 5.60. The van der Waals surface area contributed by atoms with Gasteiger partial charge >= 0.3 is 11.6 Å². The zero-order chi connectivity index (χ0) is 20.3. The zero-order valence-electron chi connectivity index (χ0n) is 15.0. The minimum atomic E-state index is -0.630. The van der Waals surface area contributed by atoms with Crippen molar-refractivity contribution in [3.63, 3.8) is 0 Å². The fourth-order valence-corrected chi connectivity index (χ4v) is 2.56. The summed E-state index contributed by atoms with van der Waals surface area (Å²) in [5.74, 6) is -0.0375. The Hall–Kier alpha value is -3.52. The first kappa shape index (κ1) is 19.2. The van der Waals surface area contributed by atoms with Crippen LogP contribution in [-0.4, -0.2) is 20.7 Å². The number of ketones is 1. The third kappa shape index (κ3) is 4.24. The lowest BCUT2D eigenvalue weighted by molar-refractivity contribution is -0.385. The number of halogens is 1. The molecule has 1 aromatic heterocycles. The summed E-state index contributed by atoms with van der Waals surface area (Å²) in [7, 11) is 0. The van der Waals surface area contributed by atoms with Crippen molar-refractivity contribution in [1.82, 2.24) is 9.97 Å². The molecule has 0 bridgehead atoms. The topological polar surface area (TPSA) is 107 Å². The molecule has 1 heterocycles. The maximum absolute atomic E-state index is 11.6. The fourth-order valence-electron chi connectivity index (χ4n) is 2.44. The highest BCUT2D eigenvalue weighted by Crippen LogP contribution is 2.36. The van der Waals surface area contributed by atoms with E-state index in [-0.39, 0.29) is 17.5 Å². The fraction of sp³-hybridized carbons (Fsp3) is 0.105. The third-order valence-electron chi connectivity index (χ3n) is 3.85. The maximum atomic E-state index is 11.6. The molecule has 3 aromatic rings. The summed E-state index contributed by atoms with van der Waals surface area (Å²) in [4.78, 5) is 30.4. The van der Waals surface area contributed by atoms with E-state index in [2.05, 4.69) is 15.3 Å². The number of aromatic nitrogens is 2. The SMILES string of the molecule is CC(=O)c1cccc(Nc2ncnc(Oc3ccc(Cl)c(C)c3)c2[N+](=O)[O-])c1. The van der Waals surface area contributed by atoms with E-state index in [1.807, 2.05) is 0 Å². The van der Waals surface area contributed by atoms with Gasteiger partial charge in [0.2, 0.25) is 5.82 Å². The second kappa shape index (κ2) is 8.01. The quantitative estimate of drug-likeness (QED) is 0.350. The lowest BCUT2D eigenvalue weighted by atomic mass is 10.1. The van der Waals surface area contributed by atoms with Gasteiger partial charge in [0.25, 0.3) is 0 Å². The molecule has 0 unspecified atom stereocenters. The third-order valence-corrected chi connectivity index (χ3v) is 4.27. The number of nitrogens with zero attached hydrogens (tertiary/aromatic N) is 3. The number of nitrogens with one attached hydrogen (secondary N) is 1. The number of carbonyl (C=O) groups is 1. The summed E-state index contributed by atoms with van der Waals surface area (Å²) in [6.07, 6.45) is 1.16. The van der Waals surface area contributed by atoms with Gasteiger partial charge < -0.3 is 10.1 Å². The van der Waals surface area contributed by atoms with Gasteiger partial charge in [0.15, 0.2) is 5.78 Å². The van der Waals surface area contributed by atoms with Crippen LogP contribution in [0.5, 0.6) is 11.6 Å². The van der Waals surface area contributed by atoms with Crippen molar-refractivity contribution in [2.75, 3.05) is 5.32 Å². The number of carbonyl (C=O) groups excluding carboxylic acids is 1. The molecule has 2 aromatic carbocycles. The van der Waals surface area contributed by atoms with Crippen molar-refractivity contribution in [2.45, 2.75) is 13.8 Å². The van der Waals surface area contributed by atoms with Crippen LogP contribution in [0.1, 0.15) is 22.8 Å². The number of hydrogen-bond acceptors (Lipinski definition) is 7. The number of aryl methyl sites for hydroxylation is 1. The second-order valence-electron chi connectivity index (χ2n) is 5.91. The summed E-state index contributed by atoms with van der Waals surface area (Å²) in [6, 6.07) is 11.4. The molecule has 0 saturated carbocycles. The normalized spacial score (nSPS) is 10.4. The lowest BCUT2D eigenvalue weighted by Gasteiger charge is -2.10. The van der Waals surface area contributed by atoms with Gasteiger partial charge in [-0.1, -0.05) is 23.7 Å². The molecule has 1 N–H and O–H groups in total. The van der Waals surface area contributed by atoms with E-state index >= 15 is 0 Å². The maximum Gasteiger partial charge on any atom is 0.373 e. The first-order valence-corrected chi connectivity index (χ1v) is 8.54. The van der Waals surface area contributed by atoms with E-state index in [0.29, 0.717) is 22.0 Å². The summed E-state index contributed by atoms with van der Waals surface area (Å²) in [5.41, 5.74) is 1.27. The molecular formula is C19H15ClN4O4. The molecule has 28 heavy (non-hydrogen) atoms. The van der Waals surface area contributed by atoms with Crippen molar-refractivity contribution in [1.29, 1.82) is 0 Å². The van der Waals surface area contributed by atoms with Crippen LogP contribution in [-0.2, 0) is 0 Å². The van der Waals surface area contributed by atoms with Crippen LogP contribution in [0.2, 0.25) is 5.02 Å². The van der Waals surface area contributed by atoms with E-state index in [1.54, 1.807) is 49.4 Å². The van der Waals surface area contributed by atoms with Gasteiger partial charge in [-0.3, -0.25) is 14.9 Å². The van der Waals surface area contributed by atoms with Gasteiger partial charge in [0.1, 0.15) is 12.1 Å². The van der Waals surface area contributed by atoms with E-state index in [0.717, 1.165) is 11.9 Å². The summed E-state index contributed by atoms with van der Waals surface area (Å²) in [5, 5.41) is 15.1. The number of hydrogen-bond donors (Lipinski definition) is 1. The molecule has 0 aliphatic heterocycles. The van der Waals surface area contributed by atoms with Crippen LogP contribution < -0.4 is 10.1 Å². The molecule has 9 heteroatoms. The van der Waals surface area contributed by atoms with E-state index < -0.39 is 10.6 Å². The molecular weight excluding hydrogens is 384 g/mol. The Morgan fingerprint density at radius 1 is 1.21 bits per heavy atom. The molecule has 0 aliphatic carbocycles. The predicted octanol–water partition coefficient (Wildman–Crippen LogP) is 5.09. The number of nitro groups is 1. The average molecular weight is 399 g/mol. The Labute approximate surface area is 165 Å². The van der Waals surface area contributed by atoms with Gasteiger partial charge in [-0.25, -0.2) is 4.98 Å². The first-order chi connectivity index (χ1) is 13.3. The van der Waals surface area contributed by atoms with Crippen LogP contribution >= 0.6 is 11.6 Å². The smallest absolute Gasteiger partial charge is 0.373 e. The van der Waals surface area contributed by atoms with Crippen LogP contribution in [0.3, 0.4) is 0 Å². The average Bonchev–Trinajstić information content (AvgIpc) is 2.65. The van der Waals surface area contributed by atoms with Crippen LogP contribution in [0.15, 0.2) is 48.8 Å². The van der Waals surface area contributed by atoms with E-state index in [9.17, 15) is 14.9 Å². The second-order valence-corrected chi connectivity index (χ2v) is 6.32. The largest absolute Gasteiger partial charge is 0.434 e. The molecule has 0 amide bonds. The Kier molecular flexibility index (Phi) is 5.51. The Balaban J connectivity index is 1.97. The number of ether oxygens (including phenoxy) is 1. The molecule has 0 aliphatic rings. The predicted molar refractivity (Wildman–Crippen MR) is 105 cm³/mol. The van der Waals surface area contributed by atoms with Gasteiger partial charge in [0.05, 0.1) is 4.92 Å². The van der Waals surface area contributed by atoms with Gasteiger partial charge in [-0.05, 0) is 49.7 Å². The number of rotatable bonds is 6. The number of benzene rings is 2. The van der Waals surface area contributed by atoms with Gasteiger partial charge in [-0.15, -0.1) is 0 Å². The minimum Gasteiger partial charge on any atom is -0.434 e. The van der Waals surface area contributed by atoms with Crippen LogP contribution in [0.4, 0.5) is 17.2 Å². The highest BCUT2D eigenvalue weighted by molar-refractivity contribution is 6.31. The van der Waals surface area contributed by atoms with E-state index in [1.165, 1.54) is 6.92 Å². The minimum absolute atomic E-state index is 0.0543. The number of anilines is 2. The first-order valence-electron chi connectivity index (χ1n) is 8.16. The highest BCUT2D eigenvalue weighted by Gasteiger charge is 2.25. The molecule has 3 rings (SSSR count). The molecule has 142 valence electrons. The monoisotopic (exact) mass is 398 g/mol. The zero-order valence-corrected chi connectivity index (χ0v) is 15.7.